The van der Waals surface area contributed by atoms with Gasteiger partial charge >= 0.3 is 6.03 Å². The number of nitrogens with zero attached hydrogens (tertiary/aromatic N) is 2. The SMILES string of the molecule is CCC(NC(=O)N1CCCCC1CCO)c1ccncc1. The van der Waals surface area contributed by atoms with Crippen LogP contribution in [0.25, 0.3) is 0 Å². The zero-order valence-corrected chi connectivity index (χ0v) is 12.7. The lowest BCUT2D eigenvalue weighted by molar-refractivity contribution is 0.129. The van der Waals surface area contributed by atoms with Gasteiger partial charge in [-0.25, -0.2) is 4.79 Å². The Morgan fingerprint density at radius 2 is 2.24 bits per heavy atom. The van der Waals surface area contributed by atoms with E-state index in [9.17, 15) is 4.79 Å². The van der Waals surface area contributed by atoms with Crippen LogP contribution in [0.5, 0.6) is 0 Å². The van der Waals surface area contributed by atoms with E-state index in [-0.39, 0.29) is 24.7 Å². The molecule has 1 aromatic heterocycles. The number of nitrogens with one attached hydrogen (secondary N) is 1. The molecular formula is C16H25N3O2. The largest absolute Gasteiger partial charge is 0.396 e. The van der Waals surface area contributed by atoms with Gasteiger partial charge in [-0.3, -0.25) is 4.98 Å². The molecule has 5 nitrogen and oxygen atoms in total. The second kappa shape index (κ2) is 7.98. The quantitative estimate of drug-likeness (QED) is 0.876. The molecule has 1 aliphatic heterocycles. The summed E-state index contributed by atoms with van der Waals surface area (Å²) in [6.45, 7) is 2.98. The highest BCUT2D eigenvalue weighted by atomic mass is 16.3. The molecule has 1 saturated heterocycles. The van der Waals surface area contributed by atoms with Gasteiger partial charge in [0.2, 0.25) is 0 Å². The minimum Gasteiger partial charge on any atom is -0.396 e. The predicted octanol–water partition coefficient (Wildman–Crippen LogP) is 2.48. The van der Waals surface area contributed by atoms with Crippen molar-refractivity contribution in [2.45, 2.75) is 51.1 Å². The van der Waals surface area contributed by atoms with Crippen LogP contribution in [0.1, 0.15) is 50.6 Å². The Morgan fingerprint density at radius 1 is 1.48 bits per heavy atom. The summed E-state index contributed by atoms with van der Waals surface area (Å²) in [4.78, 5) is 18.5. The first-order valence-electron chi connectivity index (χ1n) is 7.84. The van der Waals surface area contributed by atoms with Crippen LogP contribution in [0.4, 0.5) is 4.79 Å². The summed E-state index contributed by atoms with van der Waals surface area (Å²) in [7, 11) is 0. The summed E-state index contributed by atoms with van der Waals surface area (Å²) < 4.78 is 0. The number of hydrogen-bond acceptors (Lipinski definition) is 3. The number of hydrogen-bond donors (Lipinski definition) is 2. The molecule has 1 aromatic rings. The lowest BCUT2D eigenvalue weighted by Crippen LogP contribution is -2.49. The molecule has 2 heterocycles. The van der Waals surface area contributed by atoms with Gasteiger partial charge in [0.25, 0.3) is 0 Å². The third-order valence-corrected chi connectivity index (χ3v) is 4.16. The fourth-order valence-corrected chi connectivity index (χ4v) is 2.97. The molecule has 21 heavy (non-hydrogen) atoms. The first kappa shape index (κ1) is 15.8. The Hall–Kier alpha value is -1.62. The highest BCUT2D eigenvalue weighted by Crippen LogP contribution is 2.21. The molecular weight excluding hydrogens is 266 g/mol. The number of aliphatic hydroxyl groups is 1. The third kappa shape index (κ3) is 4.17. The van der Waals surface area contributed by atoms with Crippen molar-refractivity contribution in [2.24, 2.45) is 0 Å². The molecule has 0 aliphatic carbocycles. The van der Waals surface area contributed by atoms with Crippen LogP contribution in [0.15, 0.2) is 24.5 Å². The third-order valence-electron chi connectivity index (χ3n) is 4.16. The van der Waals surface area contributed by atoms with Crippen molar-refractivity contribution in [3.63, 3.8) is 0 Å². The van der Waals surface area contributed by atoms with E-state index in [0.29, 0.717) is 6.42 Å². The topological polar surface area (TPSA) is 65.5 Å². The van der Waals surface area contributed by atoms with Crippen molar-refractivity contribution in [3.8, 4) is 0 Å². The molecule has 2 unspecified atom stereocenters. The summed E-state index contributed by atoms with van der Waals surface area (Å²) in [6.07, 6.45) is 8.17. The van der Waals surface area contributed by atoms with Gasteiger partial charge in [-0.15, -0.1) is 0 Å². The summed E-state index contributed by atoms with van der Waals surface area (Å²) in [5.41, 5.74) is 1.08. The maximum atomic E-state index is 12.5. The molecule has 2 amide bonds. The Labute approximate surface area is 126 Å². The maximum absolute atomic E-state index is 12.5. The normalized spacial score (nSPS) is 20.1. The standard InChI is InChI=1S/C16H25N3O2/c1-2-15(13-6-9-17-10-7-13)18-16(21)19-11-4-3-5-14(19)8-12-20/h6-7,9-10,14-15,20H,2-5,8,11-12H2,1H3,(H,18,21). The number of aromatic nitrogens is 1. The van der Waals surface area contributed by atoms with Gasteiger partial charge in [-0.1, -0.05) is 6.92 Å². The van der Waals surface area contributed by atoms with E-state index >= 15 is 0 Å². The lowest BCUT2D eigenvalue weighted by Gasteiger charge is -2.36. The number of amides is 2. The fourth-order valence-electron chi connectivity index (χ4n) is 2.97. The molecule has 5 heteroatoms. The molecule has 0 saturated carbocycles. The Balaban J connectivity index is 2.01. The number of aliphatic hydroxyl groups excluding tert-OH is 1. The van der Waals surface area contributed by atoms with Crippen molar-refractivity contribution >= 4 is 6.03 Å². The average Bonchev–Trinajstić information content (AvgIpc) is 2.54. The zero-order chi connectivity index (χ0) is 15.1. The summed E-state index contributed by atoms with van der Waals surface area (Å²) >= 11 is 0. The number of piperidine rings is 1. The van der Waals surface area contributed by atoms with Crippen LogP contribution >= 0.6 is 0 Å². The van der Waals surface area contributed by atoms with Crippen LogP contribution in [0.2, 0.25) is 0 Å². The van der Waals surface area contributed by atoms with Crippen molar-refractivity contribution in [1.82, 2.24) is 15.2 Å². The highest BCUT2D eigenvalue weighted by molar-refractivity contribution is 5.75. The number of carbonyl (C=O) groups is 1. The summed E-state index contributed by atoms with van der Waals surface area (Å²) in [6, 6.07) is 4.04. The van der Waals surface area contributed by atoms with Gasteiger partial charge in [-0.05, 0) is 49.8 Å². The summed E-state index contributed by atoms with van der Waals surface area (Å²) in [5, 5.41) is 12.3. The molecule has 1 fully saturated rings. The van der Waals surface area contributed by atoms with Crippen molar-refractivity contribution < 1.29 is 9.90 Å². The second-order valence-corrected chi connectivity index (χ2v) is 5.55. The van der Waals surface area contributed by atoms with E-state index in [2.05, 4.69) is 17.2 Å². The molecule has 0 radical (unpaired) electrons. The van der Waals surface area contributed by atoms with Crippen LogP contribution in [-0.4, -0.2) is 40.2 Å². The fraction of sp³-hybridized carbons (Fsp3) is 0.625. The smallest absolute Gasteiger partial charge is 0.318 e. The first-order valence-corrected chi connectivity index (χ1v) is 7.84. The van der Waals surface area contributed by atoms with Gasteiger partial charge in [0, 0.05) is 31.6 Å². The van der Waals surface area contributed by atoms with Gasteiger partial charge in [-0.2, -0.15) is 0 Å². The van der Waals surface area contributed by atoms with E-state index in [1.807, 2.05) is 17.0 Å². The van der Waals surface area contributed by atoms with Gasteiger partial charge < -0.3 is 15.3 Å². The summed E-state index contributed by atoms with van der Waals surface area (Å²) in [5.74, 6) is 0. The van der Waals surface area contributed by atoms with Crippen LogP contribution in [0.3, 0.4) is 0 Å². The number of carbonyl (C=O) groups excluding carboxylic acids is 1. The molecule has 1 aliphatic rings. The van der Waals surface area contributed by atoms with Gasteiger partial charge in [0.15, 0.2) is 0 Å². The molecule has 2 N–H and O–H groups in total. The van der Waals surface area contributed by atoms with E-state index in [1.165, 1.54) is 0 Å². The lowest BCUT2D eigenvalue weighted by atomic mass is 10.00. The molecule has 2 atom stereocenters. The Bertz CT molecular complexity index is 436. The minimum absolute atomic E-state index is 0.0113. The molecule has 2 rings (SSSR count). The first-order chi connectivity index (χ1) is 10.3. The van der Waals surface area contributed by atoms with E-state index < -0.39 is 0 Å². The van der Waals surface area contributed by atoms with Gasteiger partial charge in [0.1, 0.15) is 0 Å². The van der Waals surface area contributed by atoms with Crippen molar-refractivity contribution in [1.29, 1.82) is 0 Å². The number of urea groups is 1. The maximum Gasteiger partial charge on any atom is 0.318 e. The number of pyridine rings is 1. The van der Waals surface area contributed by atoms with E-state index in [0.717, 1.165) is 37.8 Å². The number of likely N-dealkylation sites (tertiary alicyclic amines) is 1. The molecule has 116 valence electrons. The van der Waals surface area contributed by atoms with Gasteiger partial charge in [0.05, 0.1) is 6.04 Å². The molecule has 0 bridgehead atoms. The Kier molecular flexibility index (Phi) is 5.99. The molecule has 0 spiro atoms. The van der Waals surface area contributed by atoms with Crippen molar-refractivity contribution in [3.05, 3.63) is 30.1 Å². The van der Waals surface area contributed by atoms with E-state index in [1.54, 1.807) is 12.4 Å². The predicted molar refractivity (Wildman–Crippen MR) is 81.8 cm³/mol. The van der Waals surface area contributed by atoms with E-state index in [4.69, 9.17) is 5.11 Å². The number of rotatable bonds is 5. The van der Waals surface area contributed by atoms with Crippen LogP contribution in [0, 0.1) is 0 Å². The average molecular weight is 291 g/mol. The molecule has 0 aromatic carbocycles. The minimum atomic E-state index is -0.0168. The van der Waals surface area contributed by atoms with Crippen LogP contribution in [-0.2, 0) is 0 Å². The zero-order valence-electron chi connectivity index (χ0n) is 12.7. The van der Waals surface area contributed by atoms with Crippen molar-refractivity contribution in [2.75, 3.05) is 13.2 Å². The monoisotopic (exact) mass is 291 g/mol. The second-order valence-electron chi connectivity index (χ2n) is 5.55. The van der Waals surface area contributed by atoms with Crippen LogP contribution < -0.4 is 5.32 Å². The Morgan fingerprint density at radius 3 is 2.90 bits per heavy atom. The highest BCUT2D eigenvalue weighted by Gasteiger charge is 2.27.